The van der Waals surface area contributed by atoms with Crippen molar-refractivity contribution < 1.29 is 22.8 Å². The summed E-state index contributed by atoms with van der Waals surface area (Å²) in [7, 11) is 0. The number of halogens is 4. The van der Waals surface area contributed by atoms with Gasteiger partial charge >= 0.3 is 6.18 Å². The van der Waals surface area contributed by atoms with Crippen LogP contribution in [0, 0.1) is 0 Å². The predicted octanol–water partition coefficient (Wildman–Crippen LogP) is 3.90. The summed E-state index contributed by atoms with van der Waals surface area (Å²) >= 11 is 5.86. The van der Waals surface area contributed by atoms with E-state index in [-0.39, 0.29) is 33.9 Å². The van der Waals surface area contributed by atoms with Crippen LogP contribution in [0.3, 0.4) is 0 Å². The second-order valence-corrected chi connectivity index (χ2v) is 6.23. The van der Waals surface area contributed by atoms with Gasteiger partial charge in [-0.15, -0.1) is 0 Å². The number of nitrogens with one attached hydrogen (secondary N) is 2. The molecule has 2 amide bonds. The third-order valence-corrected chi connectivity index (χ3v) is 4.04. The van der Waals surface area contributed by atoms with Gasteiger partial charge in [-0.25, -0.2) is 0 Å². The van der Waals surface area contributed by atoms with E-state index in [4.69, 9.17) is 11.6 Å². The lowest BCUT2D eigenvalue weighted by Crippen LogP contribution is -2.26. The van der Waals surface area contributed by atoms with E-state index in [9.17, 15) is 22.8 Å². The monoisotopic (exact) mass is 383 g/mol. The Balaban J connectivity index is 1.79. The lowest BCUT2D eigenvalue weighted by atomic mass is 10.1. The molecule has 2 aromatic rings. The molecule has 1 saturated carbocycles. The highest BCUT2D eigenvalue weighted by Crippen LogP contribution is 2.34. The molecule has 2 N–H and O–H groups in total. The van der Waals surface area contributed by atoms with Crippen LogP contribution >= 0.6 is 11.6 Å². The van der Waals surface area contributed by atoms with E-state index in [1.54, 1.807) is 0 Å². The van der Waals surface area contributed by atoms with Crippen LogP contribution < -0.4 is 10.6 Å². The van der Waals surface area contributed by atoms with Gasteiger partial charge in [0, 0.05) is 17.8 Å². The number of aromatic nitrogens is 1. The minimum absolute atomic E-state index is 0.0472. The highest BCUT2D eigenvalue weighted by molar-refractivity contribution is 6.34. The summed E-state index contributed by atoms with van der Waals surface area (Å²) in [6.07, 6.45) is -1.45. The van der Waals surface area contributed by atoms with Gasteiger partial charge in [-0.05, 0) is 43.2 Å². The topological polar surface area (TPSA) is 71.1 Å². The third-order valence-electron chi connectivity index (χ3n) is 3.71. The summed E-state index contributed by atoms with van der Waals surface area (Å²) in [5.41, 5.74) is -1.00. The van der Waals surface area contributed by atoms with Crippen LogP contribution in [0.15, 0.2) is 36.5 Å². The maximum absolute atomic E-state index is 12.8. The Morgan fingerprint density at radius 2 is 1.85 bits per heavy atom. The molecule has 26 heavy (non-hydrogen) atoms. The van der Waals surface area contributed by atoms with Crippen LogP contribution in [-0.2, 0) is 6.18 Å². The van der Waals surface area contributed by atoms with E-state index >= 15 is 0 Å². The standard InChI is InChI=1S/C17H13ClF3N3O2/c18-12-4-1-10(17(19,20)21)8-13(12)24-16(26)14-7-9(5-6-22-14)15(25)23-11-2-3-11/h1,4-8,11H,2-3H2,(H,23,25)(H,24,26). The highest BCUT2D eigenvalue weighted by atomic mass is 35.5. The SMILES string of the molecule is O=C(NC1CC1)c1ccnc(C(=O)Nc2cc(C(F)(F)F)ccc2Cl)c1. The Hall–Kier alpha value is -2.61. The summed E-state index contributed by atoms with van der Waals surface area (Å²) < 4.78 is 38.4. The summed E-state index contributed by atoms with van der Waals surface area (Å²) in [5.74, 6) is -1.10. The molecule has 0 aliphatic heterocycles. The van der Waals surface area contributed by atoms with Gasteiger partial charge in [-0.2, -0.15) is 13.2 Å². The van der Waals surface area contributed by atoms with Gasteiger partial charge in [-0.3, -0.25) is 14.6 Å². The summed E-state index contributed by atoms with van der Waals surface area (Å²) in [5, 5.41) is 5.02. The lowest BCUT2D eigenvalue weighted by molar-refractivity contribution is -0.137. The number of pyridine rings is 1. The van der Waals surface area contributed by atoms with E-state index in [0.717, 1.165) is 31.0 Å². The first-order valence-electron chi connectivity index (χ1n) is 7.69. The third kappa shape index (κ3) is 4.32. The fourth-order valence-electron chi connectivity index (χ4n) is 2.18. The summed E-state index contributed by atoms with van der Waals surface area (Å²) in [4.78, 5) is 28.2. The molecule has 1 aromatic heterocycles. The smallest absolute Gasteiger partial charge is 0.349 e. The van der Waals surface area contributed by atoms with Crippen LogP contribution in [0.4, 0.5) is 18.9 Å². The average Bonchev–Trinajstić information content (AvgIpc) is 3.40. The van der Waals surface area contributed by atoms with Crippen molar-refractivity contribution in [2.75, 3.05) is 5.32 Å². The van der Waals surface area contributed by atoms with Crippen molar-refractivity contribution in [1.29, 1.82) is 0 Å². The zero-order valence-electron chi connectivity index (χ0n) is 13.2. The first kappa shape index (κ1) is 18.2. The normalized spacial score (nSPS) is 14.0. The minimum Gasteiger partial charge on any atom is -0.349 e. The number of hydrogen-bond acceptors (Lipinski definition) is 3. The van der Waals surface area contributed by atoms with Crippen molar-refractivity contribution in [2.45, 2.75) is 25.1 Å². The summed E-state index contributed by atoms with van der Waals surface area (Å²) in [6, 6.07) is 5.48. The number of carbonyl (C=O) groups excluding carboxylic acids is 2. The Bertz CT molecular complexity index is 867. The fraction of sp³-hybridized carbons (Fsp3) is 0.235. The molecule has 3 rings (SSSR count). The van der Waals surface area contributed by atoms with E-state index in [0.29, 0.717) is 0 Å². The fourth-order valence-corrected chi connectivity index (χ4v) is 2.34. The molecule has 0 spiro atoms. The highest BCUT2D eigenvalue weighted by Gasteiger charge is 2.31. The van der Waals surface area contributed by atoms with E-state index < -0.39 is 17.6 Å². The second-order valence-electron chi connectivity index (χ2n) is 5.82. The van der Waals surface area contributed by atoms with Crippen LogP contribution in [0.2, 0.25) is 5.02 Å². The zero-order valence-corrected chi connectivity index (χ0v) is 14.0. The Labute approximate surface area is 151 Å². The molecule has 136 valence electrons. The van der Waals surface area contributed by atoms with Gasteiger partial charge in [0.2, 0.25) is 0 Å². The van der Waals surface area contributed by atoms with Crippen molar-refractivity contribution in [3.05, 3.63) is 58.4 Å². The quantitative estimate of drug-likeness (QED) is 0.841. The van der Waals surface area contributed by atoms with E-state index in [2.05, 4.69) is 15.6 Å². The van der Waals surface area contributed by atoms with Gasteiger partial charge in [0.05, 0.1) is 16.3 Å². The predicted molar refractivity (Wildman–Crippen MR) is 89.1 cm³/mol. The number of nitrogens with zero attached hydrogens (tertiary/aromatic N) is 1. The van der Waals surface area contributed by atoms with E-state index in [1.807, 2.05) is 0 Å². The lowest BCUT2D eigenvalue weighted by Gasteiger charge is -2.11. The van der Waals surface area contributed by atoms with Gasteiger partial charge in [0.25, 0.3) is 11.8 Å². The first-order chi connectivity index (χ1) is 12.2. The molecule has 5 nitrogen and oxygen atoms in total. The molecule has 9 heteroatoms. The van der Waals surface area contributed by atoms with Crippen molar-refractivity contribution >= 4 is 29.1 Å². The number of anilines is 1. The minimum atomic E-state index is -4.57. The first-order valence-corrected chi connectivity index (χ1v) is 8.07. The van der Waals surface area contributed by atoms with Crippen molar-refractivity contribution in [3.63, 3.8) is 0 Å². The van der Waals surface area contributed by atoms with Gasteiger partial charge in [0.15, 0.2) is 0 Å². The molecule has 1 fully saturated rings. The Kier molecular flexibility index (Phi) is 4.86. The molecule has 0 unspecified atom stereocenters. The number of carbonyl (C=O) groups is 2. The van der Waals surface area contributed by atoms with Crippen molar-refractivity contribution in [3.8, 4) is 0 Å². The molecule has 1 heterocycles. The molecule has 1 aliphatic carbocycles. The van der Waals surface area contributed by atoms with Gasteiger partial charge in [-0.1, -0.05) is 11.6 Å². The Morgan fingerprint density at radius 3 is 2.50 bits per heavy atom. The molecule has 1 aromatic carbocycles. The largest absolute Gasteiger partial charge is 0.416 e. The van der Waals surface area contributed by atoms with Crippen molar-refractivity contribution in [2.24, 2.45) is 0 Å². The number of amides is 2. The average molecular weight is 384 g/mol. The number of hydrogen-bond donors (Lipinski definition) is 2. The number of rotatable bonds is 4. The van der Waals surface area contributed by atoms with Crippen LogP contribution in [-0.4, -0.2) is 22.8 Å². The molecule has 0 radical (unpaired) electrons. The van der Waals surface area contributed by atoms with Crippen LogP contribution in [0.1, 0.15) is 39.3 Å². The van der Waals surface area contributed by atoms with Gasteiger partial charge < -0.3 is 10.6 Å². The molecular formula is C17H13ClF3N3O2. The van der Waals surface area contributed by atoms with Gasteiger partial charge in [0.1, 0.15) is 5.69 Å². The number of alkyl halides is 3. The zero-order chi connectivity index (χ0) is 18.9. The molecule has 0 saturated heterocycles. The Morgan fingerprint density at radius 1 is 1.12 bits per heavy atom. The molecule has 0 bridgehead atoms. The maximum atomic E-state index is 12.8. The number of benzene rings is 1. The summed E-state index contributed by atoms with van der Waals surface area (Å²) in [6.45, 7) is 0. The van der Waals surface area contributed by atoms with Crippen LogP contribution in [0.25, 0.3) is 0 Å². The molecule has 1 aliphatic rings. The van der Waals surface area contributed by atoms with Crippen molar-refractivity contribution in [1.82, 2.24) is 10.3 Å². The maximum Gasteiger partial charge on any atom is 0.416 e. The van der Waals surface area contributed by atoms with E-state index in [1.165, 1.54) is 18.3 Å². The molecule has 0 atom stereocenters. The van der Waals surface area contributed by atoms with Crippen LogP contribution in [0.5, 0.6) is 0 Å². The molecular weight excluding hydrogens is 371 g/mol. The second kappa shape index (κ2) is 6.95.